The molecule has 26 heavy (non-hydrogen) atoms. The Morgan fingerprint density at radius 3 is 1.88 bits per heavy atom. The molecule has 2 aromatic carbocycles. The first-order chi connectivity index (χ1) is 12.5. The molecule has 0 bridgehead atoms. The van der Waals surface area contributed by atoms with E-state index in [9.17, 15) is 20.4 Å². The third-order valence-corrected chi connectivity index (χ3v) is 4.63. The van der Waals surface area contributed by atoms with Gasteiger partial charge in [0.2, 0.25) is 5.79 Å². The molecule has 6 nitrogen and oxygen atoms in total. The summed E-state index contributed by atoms with van der Waals surface area (Å²) >= 11 is 0. The van der Waals surface area contributed by atoms with E-state index < -0.39 is 24.1 Å². The molecular formula is C20H25NO5. The Morgan fingerprint density at radius 1 is 0.885 bits per heavy atom. The number of hydrogen-bond acceptors (Lipinski definition) is 6. The highest BCUT2D eigenvalue weighted by molar-refractivity contribution is 5.17. The summed E-state index contributed by atoms with van der Waals surface area (Å²) in [6.45, 7) is 0.820. The molecule has 1 aliphatic heterocycles. The lowest BCUT2D eigenvalue weighted by atomic mass is 9.96. The molecule has 1 aliphatic rings. The minimum atomic E-state index is -1.96. The second-order valence-electron chi connectivity index (χ2n) is 6.77. The highest BCUT2D eigenvalue weighted by atomic mass is 16.6. The maximum atomic E-state index is 10.8. The van der Waals surface area contributed by atoms with Crippen molar-refractivity contribution in [3.05, 3.63) is 71.8 Å². The van der Waals surface area contributed by atoms with Gasteiger partial charge >= 0.3 is 0 Å². The van der Waals surface area contributed by atoms with Crippen LogP contribution in [0.5, 0.6) is 0 Å². The fraction of sp³-hybridized carbons (Fsp3) is 0.400. The average molecular weight is 359 g/mol. The largest absolute Gasteiger partial charge is 0.388 e. The minimum Gasteiger partial charge on any atom is -0.388 e. The summed E-state index contributed by atoms with van der Waals surface area (Å²) in [6.07, 6.45) is -4.27. The number of hydrogen-bond donors (Lipinski definition) is 4. The van der Waals surface area contributed by atoms with Gasteiger partial charge in [0.15, 0.2) is 0 Å². The summed E-state index contributed by atoms with van der Waals surface area (Å²) in [5, 5.41) is 40.5. The molecule has 140 valence electrons. The van der Waals surface area contributed by atoms with Crippen molar-refractivity contribution in [2.24, 2.45) is 0 Å². The molecule has 1 fully saturated rings. The Kier molecular flexibility index (Phi) is 6.03. The Labute approximate surface area is 152 Å². The number of aliphatic hydroxyl groups excluding tert-OH is 3. The number of ether oxygens (including phenoxy) is 1. The van der Waals surface area contributed by atoms with E-state index in [2.05, 4.69) is 0 Å². The zero-order valence-electron chi connectivity index (χ0n) is 14.5. The van der Waals surface area contributed by atoms with Crippen LogP contribution in [0.15, 0.2) is 60.7 Å². The van der Waals surface area contributed by atoms with E-state index in [-0.39, 0.29) is 13.2 Å². The number of rotatable bonds is 6. The maximum Gasteiger partial charge on any atom is 0.207 e. The first-order valence-corrected chi connectivity index (χ1v) is 8.69. The molecule has 1 heterocycles. The Bertz CT molecular complexity index is 642. The van der Waals surface area contributed by atoms with E-state index >= 15 is 0 Å². The fourth-order valence-electron chi connectivity index (χ4n) is 3.20. The van der Waals surface area contributed by atoms with E-state index in [0.717, 1.165) is 11.1 Å². The van der Waals surface area contributed by atoms with E-state index in [0.29, 0.717) is 13.1 Å². The standard InChI is InChI=1S/C20H25NO5/c22-17-13-26-20(25,19(24)18(17)23)14-21(11-15-7-3-1-4-8-15)12-16-9-5-2-6-10-16/h1-10,17-19,22-25H,11-14H2/t17-,18+,19+,20+/m1/s1. The van der Waals surface area contributed by atoms with E-state index in [1.54, 1.807) is 0 Å². The average Bonchev–Trinajstić information content (AvgIpc) is 2.65. The van der Waals surface area contributed by atoms with Gasteiger partial charge in [0, 0.05) is 13.1 Å². The summed E-state index contributed by atoms with van der Waals surface area (Å²) in [7, 11) is 0. The molecule has 0 saturated carbocycles. The van der Waals surface area contributed by atoms with Gasteiger partial charge in [-0.1, -0.05) is 60.7 Å². The van der Waals surface area contributed by atoms with Gasteiger partial charge in [0.05, 0.1) is 13.2 Å². The molecule has 2 aromatic rings. The normalized spacial score (nSPS) is 29.0. The van der Waals surface area contributed by atoms with Gasteiger partial charge in [0.1, 0.15) is 18.3 Å². The lowest BCUT2D eigenvalue weighted by Crippen LogP contribution is -2.64. The molecule has 4 atom stereocenters. The van der Waals surface area contributed by atoms with Crippen LogP contribution < -0.4 is 0 Å². The van der Waals surface area contributed by atoms with Gasteiger partial charge in [0.25, 0.3) is 0 Å². The van der Waals surface area contributed by atoms with Crippen molar-refractivity contribution in [2.45, 2.75) is 37.2 Å². The van der Waals surface area contributed by atoms with Crippen molar-refractivity contribution >= 4 is 0 Å². The van der Waals surface area contributed by atoms with E-state index in [1.165, 1.54) is 0 Å². The van der Waals surface area contributed by atoms with Crippen LogP contribution in [0, 0.1) is 0 Å². The van der Waals surface area contributed by atoms with Crippen LogP contribution >= 0.6 is 0 Å². The monoisotopic (exact) mass is 359 g/mol. The van der Waals surface area contributed by atoms with E-state index in [1.807, 2.05) is 65.6 Å². The summed E-state index contributed by atoms with van der Waals surface area (Å²) < 4.78 is 5.32. The van der Waals surface area contributed by atoms with Crippen LogP contribution in [-0.2, 0) is 17.8 Å². The Balaban J connectivity index is 1.78. The smallest absolute Gasteiger partial charge is 0.207 e. The van der Waals surface area contributed by atoms with Gasteiger partial charge in [-0.2, -0.15) is 0 Å². The van der Waals surface area contributed by atoms with Crippen LogP contribution in [0.4, 0.5) is 0 Å². The molecule has 0 aliphatic carbocycles. The zero-order valence-corrected chi connectivity index (χ0v) is 14.5. The first-order valence-electron chi connectivity index (χ1n) is 8.69. The Morgan fingerprint density at radius 2 is 1.38 bits per heavy atom. The first kappa shape index (κ1) is 19.0. The number of benzene rings is 2. The molecule has 1 saturated heterocycles. The van der Waals surface area contributed by atoms with Crippen LogP contribution in [0.25, 0.3) is 0 Å². The molecule has 4 N–H and O–H groups in total. The molecule has 0 unspecified atom stereocenters. The van der Waals surface area contributed by atoms with Crippen LogP contribution in [0.3, 0.4) is 0 Å². The number of aliphatic hydroxyl groups is 4. The SMILES string of the molecule is O[C@H]1[C@H](O)CO[C@@](O)(CN(Cc2ccccc2)Cc2ccccc2)[C@H]1O. The number of nitrogens with zero attached hydrogens (tertiary/aromatic N) is 1. The van der Waals surface area contributed by atoms with Gasteiger partial charge in [-0.15, -0.1) is 0 Å². The van der Waals surface area contributed by atoms with Crippen molar-refractivity contribution < 1.29 is 25.2 Å². The third kappa shape index (κ3) is 4.48. The van der Waals surface area contributed by atoms with Crippen LogP contribution in [0.2, 0.25) is 0 Å². The van der Waals surface area contributed by atoms with E-state index in [4.69, 9.17) is 4.74 Å². The van der Waals surface area contributed by atoms with Crippen LogP contribution in [0.1, 0.15) is 11.1 Å². The summed E-state index contributed by atoms with van der Waals surface area (Å²) in [5.41, 5.74) is 2.11. The van der Waals surface area contributed by atoms with Gasteiger partial charge < -0.3 is 25.2 Å². The minimum absolute atomic E-state index is 0.0122. The molecular weight excluding hydrogens is 334 g/mol. The molecule has 3 rings (SSSR count). The summed E-state index contributed by atoms with van der Waals surface area (Å²) in [5.74, 6) is -1.96. The predicted molar refractivity (Wildman–Crippen MR) is 95.9 cm³/mol. The zero-order chi connectivity index (χ0) is 18.6. The van der Waals surface area contributed by atoms with Crippen molar-refractivity contribution in [3.8, 4) is 0 Å². The Hall–Kier alpha value is -1.80. The second kappa shape index (κ2) is 8.26. The third-order valence-electron chi connectivity index (χ3n) is 4.63. The predicted octanol–water partition coefficient (Wildman–Crippen LogP) is 0.490. The summed E-state index contributed by atoms with van der Waals surface area (Å²) in [4.78, 5) is 1.94. The van der Waals surface area contributed by atoms with Gasteiger partial charge in [-0.05, 0) is 11.1 Å². The quantitative estimate of drug-likeness (QED) is 0.600. The van der Waals surface area contributed by atoms with Gasteiger partial charge in [-0.3, -0.25) is 4.90 Å². The maximum absolute atomic E-state index is 10.8. The lowest BCUT2D eigenvalue weighted by molar-refractivity contribution is -0.325. The van der Waals surface area contributed by atoms with Crippen molar-refractivity contribution in [3.63, 3.8) is 0 Å². The highest BCUT2D eigenvalue weighted by Crippen LogP contribution is 2.26. The van der Waals surface area contributed by atoms with Gasteiger partial charge in [-0.25, -0.2) is 0 Å². The highest BCUT2D eigenvalue weighted by Gasteiger charge is 2.49. The van der Waals surface area contributed by atoms with Crippen LogP contribution in [-0.4, -0.2) is 62.6 Å². The lowest BCUT2D eigenvalue weighted by Gasteiger charge is -2.43. The van der Waals surface area contributed by atoms with Crippen molar-refractivity contribution in [1.82, 2.24) is 4.90 Å². The molecule has 6 heteroatoms. The topological polar surface area (TPSA) is 93.4 Å². The molecule has 0 aromatic heterocycles. The molecule has 0 amide bonds. The van der Waals surface area contributed by atoms with Crippen molar-refractivity contribution in [1.29, 1.82) is 0 Å². The second-order valence-corrected chi connectivity index (χ2v) is 6.77. The fourth-order valence-corrected chi connectivity index (χ4v) is 3.20. The summed E-state index contributed by atoms with van der Waals surface area (Å²) in [6, 6.07) is 19.6. The molecule has 0 spiro atoms. The molecule has 0 radical (unpaired) electrons. The van der Waals surface area contributed by atoms with Crippen molar-refractivity contribution in [2.75, 3.05) is 13.2 Å².